The Kier molecular flexibility index (Phi) is 5.61. The van der Waals surface area contributed by atoms with E-state index in [0.717, 1.165) is 0 Å². The van der Waals surface area contributed by atoms with Crippen molar-refractivity contribution < 1.29 is 18.8 Å². The van der Waals surface area contributed by atoms with Crippen LogP contribution in [0.15, 0.2) is 24.3 Å². The van der Waals surface area contributed by atoms with Crippen LogP contribution in [0.2, 0.25) is 0 Å². The van der Waals surface area contributed by atoms with E-state index in [4.69, 9.17) is 10.5 Å². The van der Waals surface area contributed by atoms with Crippen LogP contribution in [0.1, 0.15) is 6.92 Å². The van der Waals surface area contributed by atoms with Crippen molar-refractivity contribution in [3.8, 4) is 0 Å². The normalized spacial score (nSPS) is 13.4. The molecule has 0 aromatic rings. The third-order valence-electron chi connectivity index (χ3n) is 1.81. The van der Waals surface area contributed by atoms with Crippen LogP contribution in [-0.2, 0) is 14.3 Å². The number of carbonyl (C=O) groups is 2. The van der Waals surface area contributed by atoms with Gasteiger partial charge in [-0.1, -0.05) is 6.58 Å². The van der Waals surface area contributed by atoms with Gasteiger partial charge in [-0.2, -0.15) is 0 Å². The standard InChI is InChI=1S/C12H20N2O3/c1-9(2)12(16)17-10(6-7-11(13)15)8-14(3,4)5/h6-7,10H,1,8H2,2-5H3,(H-,13,15)/p+1. The first-order valence-corrected chi connectivity index (χ1v) is 5.26. The second-order valence-electron chi connectivity index (χ2n) is 4.96. The van der Waals surface area contributed by atoms with E-state index in [9.17, 15) is 9.59 Å². The quantitative estimate of drug-likeness (QED) is 0.411. The molecule has 0 radical (unpaired) electrons. The largest absolute Gasteiger partial charge is 0.449 e. The maximum absolute atomic E-state index is 11.4. The van der Waals surface area contributed by atoms with Crippen LogP contribution >= 0.6 is 0 Å². The summed E-state index contributed by atoms with van der Waals surface area (Å²) in [6.45, 7) is 5.62. The van der Waals surface area contributed by atoms with Gasteiger partial charge >= 0.3 is 5.97 Å². The molecule has 0 aliphatic heterocycles. The van der Waals surface area contributed by atoms with Crippen LogP contribution in [0.3, 0.4) is 0 Å². The Bertz CT molecular complexity index is 340. The molecule has 1 atom stereocenters. The highest BCUT2D eigenvalue weighted by atomic mass is 16.5. The molecule has 0 aliphatic rings. The number of hydrogen-bond acceptors (Lipinski definition) is 3. The molecule has 17 heavy (non-hydrogen) atoms. The van der Waals surface area contributed by atoms with E-state index in [0.29, 0.717) is 16.6 Å². The Balaban J connectivity index is 4.68. The molecule has 0 fully saturated rings. The number of nitrogens with two attached hydrogens (primary N) is 1. The third kappa shape index (κ3) is 8.21. The molecule has 0 spiro atoms. The molecular formula is C12H21N2O3+. The van der Waals surface area contributed by atoms with Crippen LogP contribution < -0.4 is 5.73 Å². The lowest BCUT2D eigenvalue weighted by molar-refractivity contribution is -0.872. The van der Waals surface area contributed by atoms with E-state index in [1.165, 1.54) is 12.2 Å². The van der Waals surface area contributed by atoms with Gasteiger partial charge < -0.3 is 15.0 Å². The second kappa shape index (κ2) is 6.20. The van der Waals surface area contributed by atoms with E-state index in [1.54, 1.807) is 6.92 Å². The SMILES string of the molecule is C=C(C)C(=O)OC(C=CC(N)=O)C[N+](C)(C)C. The number of likely N-dealkylation sites (N-methyl/N-ethyl adjacent to an activating group) is 1. The smallest absolute Gasteiger partial charge is 0.333 e. The Labute approximate surface area is 102 Å². The van der Waals surface area contributed by atoms with Gasteiger partial charge in [0, 0.05) is 11.6 Å². The number of ether oxygens (including phenoxy) is 1. The Morgan fingerprint density at radius 3 is 2.29 bits per heavy atom. The minimum absolute atomic E-state index is 0.323. The molecule has 0 aliphatic carbocycles. The first-order valence-electron chi connectivity index (χ1n) is 5.26. The van der Waals surface area contributed by atoms with Gasteiger partial charge in [-0.3, -0.25) is 4.79 Å². The lowest BCUT2D eigenvalue weighted by Gasteiger charge is -2.27. The molecule has 0 rings (SSSR count). The minimum Gasteiger partial charge on any atom is -0.449 e. The minimum atomic E-state index is -0.567. The predicted molar refractivity (Wildman–Crippen MR) is 65.9 cm³/mol. The van der Waals surface area contributed by atoms with Gasteiger partial charge in [-0.15, -0.1) is 0 Å². The van der Waals surface area contributed by atoms with Crippen LogP contribution in [0.5, 0.6) is 0 Å². The zero-order chi connectivity index (χ0) is 13.6. The molecule has 1 amide bonds. The van der Waals surface area contributed by atoms with E-state index in [2.05, 4.69) is 6.58 Å². The van der Waals surface area contributed by atoms with Crippen LogP contribution in [-0.4, -0.2) is 50.2 Å². The zero-order valence-electron chi connectivity index (χ0n) is 10.9. The van der Waals surface area contributed by atoms with Crippen molar-refractivity contribution in [2.75, 3.05) is 27.7 Å². The number of rotatable bonds is 6. The third-order valence-corrected chi connectivity index (χ3v) is 1.81. The fourth-order valence-electron chi connectivity index (χ4n) is 1.12. The molecule has 0 bridgehead atoms. The maximum atomic E-state index is 11.4. The van der Waals surface area contributed by atoms with Gasteiger partial charge in [-0.25, -0.2) is 4.79 Å². The monoisotopic (exact) mass is 241 g/mol. The molecule has 96 valence electrons. The number of hydrogen-bond donors (Lipinski definition) is 1. The van der Waals surface area contributed by atoms with E-state index in [1.807, 2.05) is 21.1 Å². The van der Waals surface area contributed by atoms with Crippen LogP contribution in [0.4, 0.5) is 0 Å². The average Bonchev–Trinajstić information content (AvgIpc) is 2.11. The first-order chi connectivity index (χ1) is 7.61. The lowest BCUT2D eigenvalue weighted by atomic mass is 10.2. The fourth-order valence-corrected chi connectivity index (χ4v) is 1.12. The van der Waals surface area contributed by atoms with Gasteiger partial charge in [0.25, 0.3) is 0 Å². The Hall–Kier alpha value is -1.62. The number of carbonyl (C=O) groups excluding carboxylic acids is 2. The molecule has 0 aromatic carbocycles. The van der Waals surface area contributed by atoms with Crippen LogP contribution in [0, 0.1) is 0 Å². The van der Waals surface area contributed by atoms with E-state index >= 15 is 0 Å². The van der Waals surface area contributed by atoms with Crippen molar-refractivity contribution in [1.29, 1.82) is 0 Å². The van der Waals surface area contributed by atoms with E-state index < -0.39 is 18.0 Å². The second-order valence-corrected chi connectivity index (χ2v) is 4.96. The molecule has 5 nitrogen and oxygen atoms in total. The molecule has 0 saturated carbocycles. The number of quaternary nitrogens is 1. The fraction of sp³-hybridized carbons (Fsp3) is 0.500. The summed E-state index contributed by atoms with van der Waals surface area (Å²) in [5, 5.41) is 0. The molecule has 1 unspecified atom stereocenters. The molecule has 5 heteroatoms. The summed E-state index contributed by atoms with van der Waals surface area (Å²) in [4.78, 5) is 22.1. The van der Waals surface area contributed by atoms with E-state index in [-0.39, 0.29) is 0 Å². The van der Waals surface area contributed by atoms with Crippen molar-refractivity contribution in [2.45, 2.75) is 13.0 Å². The van der Waals surface area contributed by atoms with Crippen molar-refractivity contribution in [3.63, 3.8) is 0 Å². The lowest BCUT2D eigenvalue weighted by Crippen LogP contribution is -2.42. The summed E-state index contributed by atoms with van der Waals surface area (Å²) in [6.07, 6.45) is 2.20. The van der Waals surface area contributed by atoms with Gasteiger partial charge in [-0.05, 0) is 13.0 Å². The number of primary amides is 1. The van der Waals surface area contributed by atoms with Crippen LogP contribution in [0.25, 0.3) is 0 Å². The number of amides is 1. The van der Waals surface area contributed by atoms with Crippen molar-refractivity contribution in [3.05, 3.63) is 24.3 Å². The maximum Gasteiger partial charge on any atom is 0.333 e. The summed E-state index contributed by atoms with van der Waals surface area (Å²) in [5.74, 6) is -1.04. The van der Waals surface area contributed by atoms with Crippen molar-refractivity contribution >= 4 is 11.9 Å². The highest BCUT2D eigenvalue weighted by molar-refractivity contribution is 5.87. The molecule has 2 N–H and O–H groups in total. The summed E-state index contributed by atoms with van der Waals surface area (Å²) in [6, 6.07) is 0. The number of nitrogens with zero attached hydrogens (tertiary/aromatic N) is 1. The Morgan fingerprint density at radius 2 is 1.94 bits per heavy atom. The van der Waals surface area contributed by atoms with Crippen molar-refractivity contribution in [2.24, 2.45) is 5.73 Å². The molecular weight excluding hydrogens is 220 g/mol. The van der Waals surface area contributed by atoms with Gasteiger partial charge in [0.1, 0.15) is 6.54 Å². The molecule has 0 saturated heterocycles. The first kappa shape index (κ1) is 15.4. The molecule has 0 heterocycles. The summed E-state index contributed by atoms with van der Waals surface area (Å²) in [7, 11) is 5.87. The zero-order valence-corrected chi connectivity index (χ0v) is 10.9. The molecule has 0 aromatic heterocycles. The Morgan fingerprint density at radius 1 is 1.41 bits per heavy atom. The highest BCUT2D eigenvalue weighted by Crippen LogP contribution is 2.05. The average molecular weight is 241 g/mol. The van der Waals surface area contributed by atoms with Gasteiger partial charge in [0.15, 0.2) is 6.10 Å². The van der Waals surface area contributed by atoms with Gasteiger partial charge in [0.05, 0.1) is 21.1 Å². The summed E-state index contributed by atoms with van der Waals surface area (Å²) in [5.41, 5.74) is 5.33. The predicted octanol–water partition coefficient (Wildman–Crippen LogP) is 0.222. The van der Waals surface area contributed by atoms with Crippen molar-refractivity contribution in [1.82, 2.24) is 0 Å². The highest BCUT2D eigenvalue weighted by Gasteiger charge is 2.20. The summed E-state index contributed by atoms with van der Waals surface area (Å²) < 4.78 is 5.78. The topological polar surface area (TPSA) is 69.4 Å². The number of esters is 1. The summed E-state index contributed by atoms with van der Waals surface area (Å²) >= 11 is 0. The van der Waals surface area contributed by atoms with Gasteiger partial charge in [0.2, 0.25) is 5.91 Å².